The number of benzene rings is 2. The van der Waals surface area contributed by atoms with Gasteiger partial charge in [0.15, 0.2) is 0 Å². The van der Waals surface area contributed by atoms with Crippen LogP contribution in [0.3, 0.4) is 0 Å². The fourth-order valence-electron chi connectivity index (χ4n) is 3.21. The second kappa shape index (κ2) is 9.73. The maximum atomic E-state index is 12.9. The number of carbonyl (C=O) groups excluding carboxylic acids is 3. The van der Waals surface area contributed by atoms with Gasteiger partial charge in [-0.3, -0.25) is 19.3 Å². The third-order valence-corrected chi connectivity index (χ3v) is 4.61. The van der Waals surface area contributed by atoms with Gasteiger partial charge in [0.25, 0.3) is 5.91 Å². The summed E-state index contributed by atoms with van der Waals surface area (Å²) in [5, 5.41) is 5.96. The second-order valence-corrected chi connectivity index (χ2v) is 6.82. The molecule has 7 heteroatoms. The number of amides is 2. The molecule has 1 heterocycles. The number of nitrogens with one attached hydrogen (secondary N) is 2. The first kappa shape index (κ1) is 21.1. The Morgan fingerprint density at radius 3 is 2.67 bits per heavy atom. The standard InChI is InChI=1S/C23H25N3O4/c1-3-16-8-7-9-17(12-16)25-21(27)15-26-20-11-6-5-10-19(20)24-18(13-22(26)28)14-23(29)30-4-2/h5-13,24H,3-4,14-15H2,1-2H3,(H,25,27). The molecule has 156 valence electrons. The molecule has 1 aliphatic heterocycles. The minimum atomic E-state index is -0.427. The second-order valence-electron chi connectivity index (χ2n) is 6.82. The Morgan fingerprint density at radius 2 is 1.90 bits per heavy atom. The monoisotopic (exact) mass is 407 g/mol. The zero-order chi connectivity index (χ0) is 21.5. The van der Waals surface area contributed by atoms with Crippen molar-refractivity contribution in [1.82, 2.24) is 0 Å². The fraction of sp³-hybridized carbons (Fsp3) is 0.261. The van der Waals surface area contributed by atoms with Gasteiger partial charge >= 0.3 is 5.97 Å². The molecule has 2 aromatic rings. The van der Waals surface area contributed by atoms with Crippen LogP contribution in [0.4, 0.5) is 17.1 Å². The number of ether oxygens (including phenoxy) is 1. The zero-order valence-electron chi connectivity index (χ0n) is 17.1. The van der Waals surface area contributed by atoms with E-state index in [1.807, 2.05) is 37.3 Å². The Kier molecular flexibility index (Phi) is 6.85. The molecule has 1 aliphatic rings. The van der Waals surface area contributed by atoms with Crippen molar-refractivity contribution >= 4 is 34.8 Å². The molecule has 0 fully saturated rings. The van der Waals surface area contributed by atoms with Crippen LogP contribution in [0.5, 0.6) is 0 Å². The highest BCUT2D eigenvalue weighted by molar-refractivity contribution is 6.10. The minimum absolute atomic E-state index is 0.0578. The number of esters is 1. The maximum absolute atomic E-state index is 12.9. The predicted octanol–water partition coefficient (Wildman–Crippen LogP) is 3.48. The summed E-state index contributed by atoms with van der Waals surface area (Å²) in [4.78, 5) is 38.8. The summed E-state index contributed by atoms with van der Waals surface area (Å²) in [6.45, 7) is 3.88. The van der Waals surface area contributed by atoms with Crippen molar-refractivity contribution in [2.75, 3.05) is 28.7 Å². The lowest BCUT2D eigenvalue weighted by Gasteiger charge is -2.21. The number of carbonyl (C=O) groups is 3. The highest BCUT2D eigenvalue weighted by Gasteiger charge is 2.25. The topological polar surface area (TPSA) is 87.7 Å². The third kappa shape index (κ3) is 5.26. The number of aryl methyl sites for hydroxylation is 1. The first-order valence-electron chi connectivity index (χ1n) is 9.92. The van der Waals surface area contributed by atoms with Gasteiger partial charge in [-0.25, -0.2) is 0 Å². The molecule has 2 amide bonds. The molecular formula is C23H25N3O4. The highest BCUT2D eigenvalue weighted by Crippen LogP contribution is 2.30. The maximum Gasteiger partial charge on any atom is 0.311 e. The molecule has 0 aliphatic carbocycles. The normalized spacial score (nSPS) is 12.9. The van der Waals surface area contributed by atoms with E-state index in [9.17, 15) is 14.4 Å². The predicted molar refractivity (Wildman–Crippen MR) is 116 cm³/mol. The quantitative estimate of drug-likeness (QED) is 0.686. The average Bonchev–Trinajstić information content (AvgIpc) is 2.84. The van der Waals surface area contributed by atoms with Crippen molar-refractivity contribution in [2.24, 2.45) is 0 Å². The van der Waals surface area contributed by atoms with Crippen LogP contribution >= 0.6 is 0 Å². The van der Waals surface area contributed by atoms with Gasteiger partial charge in [-0.05, 0) is 43.2 Å². The van der Waals surface area contributed by atoms with Gasteiger partial charge in [0.05, 0.1) is 24.4 Å². The lowest BCUT2D eigenvalue weighted by Crippen LogP contribution is -2.37. The summed E-state index contributed by atoms with van der Waals surface area (Å²) in [5.41, 5.74) is 3.42. The van der Waals surface area contributed by atoms with Gasteiger partial charge in [0.2, 0.25) is 5.91 Å². The molecule has 0 radical (unpaired) electrons. The van der Waals surface area contributed by atoms with Crippen molar-refractivity contribution in [3.05, 3.63) is 65.9 Å². The number of para-hydroxylation sites is 2. The number of hydrogen-bond donors (Lipinski definition) is 2. The summed E-state index contributed by atoms with van der Waals surface area (Å²) < 4.78 is 4.98. The van der Waals surface area contributed by atoms with Gasteiger partial charge in [-0.15, -0.1) is 0 Å². The molecule has 0 saturated heterocycles. The van der Waals surface area contributed by atoms with Crippen LogP contribution in [0, 0.1) is 0 Å². The van der Waals surface area contributed by atoms with E-state index in [2.05, 4.69) is 10.6 Å². The molecule has 0 bridgehead atoms. The largest absolute Gasteiger partial charge is 0.466 e. The zero-order valence-corrected chi connectivity index (χ0v) is 17.1. The molecule has 0 aromatic heterocycles. The van der Waals surface area contributed by atoms with E-state index in [1.165, 1.54) is 11.0 Å². The fourth-order valence-corrected chi connectivity index (χ4v) is 3.21. The highest BCUT2D eigenvalue weighted by atomic mass is 16.5. The van der Waals surface area contributed by atoms with E-state index in [-0.39, 0.29) is 31.4 Å². The van der Waals surface area contributed by atoms with E-state index < -0.39 is 5.97 Å². The SMILES string of the molecule is CCOC(=O)CC1=CC(=O)N(CC(=O)Nc2cccc(CC)c2)c2ccccc2N1. The van der Waals surface area contributed by atoms with E-state index in [0.29, 0.717) is 22.8 Å². The van der Waals surface area contributed by atoms with Crippen LogP contribution in [-0.4, -0.2) is 30.9 Å². The van der Waals surface area contributed by atoms with E-state index in [1.54, 1.807) is 25.1 Å². The molecule has 0 spiro atoms. The Balaban J connectivity index is 1.80. The Morgan fingerprint density at radius 1 is 1.10 bits per heavy atom. The molecule has 2 N–H and O–H groups in total. The number of hydrogen-bond acceptors (Lipinski definition) is 5. The first-order valence-corrected chi connectivity index (χ1v) is 9.92. The summed E-state index contributed by atoms with van der Waals surface area (Å²) in [6.07, 6.45) is 2.14. The summed E-state index contributed by atoms with van der Waals surface area (Å²) >= 11 is 0. The number of fused-ring (bicyclic) bond motifs is 1. The summed E-state index contributed by atoms with van der Waals surface area (Å²) in [5.74, 6) is -1.12. The van der Waals surface area contributed by atoms with Crippen molar-refractivity contribution in [2.45, 2.75) is 26.7 Å². The van der Waals surface area contributed by atoms with Gasteiger partial charge in [0, 0.05) is 17.5 Å². The Bertz CT molecular complexity index is 984. The minimum Gasteiger partial charge on any atom is -0.466 e. The Hall–Kier alpha value is -3.61. The molecule has 2 aromatic carbocycles. The van der Waals surface area contributed by atoms with Gasteiger partial charge in [-0.1, -0.05) is 31.2 Å². The van der Waals surface area contributed by atoms with Crippen LogP contribution in [0.1, 0.15) is 25.8 Å². The molecule has 0 unspecified atom stereocenters. The van der Waals surface area contributed by atoms with Gasteiger partial charge < -0.3 is 15.4 Å². The Labute approximate surface area is 175 Å². The molecule has 0 atom stereocenters. The number of nitrogens with zero attached hydrogens (tertiary/aromatic N) is 1. The van der Waals surface area contributed by atoms with Crippen LogP contribution in [0.2, 0.25) is 0 Å². The van der Waals surface area contributed by atoms with Crippen LogP contribution in [-0.2, 0) is 25.5 Å². The smallest absolute Gasteiger partial charge is 0.311 e. The molecule has 0 saturated carbocycles. The van der Waals surface area contributed by atoms with Crippen molar-refractivity contribution in [3.63, 3.8) is 0 Å². The summed E-state index contributed by atoms with van der Waals surface area (Å²) in [6, 6.07) is 14.8. The van der Waals surface area contributed by atoms with Crippen LogP contribution in [0.25, 0.3) is 0 Å². The lowest BCUT2D eigenvalue weighted by molar-refractivity contribution is -0.142. The molecule has 3 rings (SSSR count). The number of rotatable bonds is 7. The van der Waals surface area contributed by atoms with E-state index >= 15 is 0 Å². The van der Waals surface area contributed by atoms with Crippen molar-refractivity contribution in [1.29, 1.82) is 0 Å². The third-order valence-electron chi connectivity index (χ3n) is 4.61. The molecular weight excluding hydrogens is 382 g/mol. The van der Waals surface area contributed by atoms with Gasteiger partial charge in [-0.2, -0.15) is 0 Å². The number of anilines is 3. The molecule has 30 heavy (non-hydrogen) atoms. The summed E-state index contributed by atoms with van der Waals surface area (Å²) in [7, 11) is 0. The molecule has 7 nitrogen and oxygen atoms in total. The average molecular weight is 407 g/mol. The van der Waals surface area contributed by atoms with Gasteiger partial charge in [0.1, 0.15) is 6.54 Å². The van der Waals surface area contributed by atoms with Crippen LogP contribution in [0.15, 0.2) is 60.3 Å². The van der Waals surface area contributed by atoms with Crippen LogP contribution < -0.4 is 15.5 Å². The van der Waals surface area contributed by atoms with Crippen molar-refractivity contribution < 1.29 is 19.1 Å². The lowest BCUT2D eigenvalue weighted by atomic mass is 10.1. The first-order chi connectivity index (χ1) is 14.5. The van der Waals surface area contributed by atoms with E-state index in [4.69, 9.17) is 4.74 Å². The van der Waals surface area contributed by atoms with E-state index in [0.717, 1.165) is 12.0 Å². The van der Waals surface area contributed by atoms with Crippen molar-refractivity contribution in [3.8, 4) is 0 Å².